The van der Waals surface area contributed by atoms with Crippen molar-refractivity contribution in [3.05, 3.63) is 68.5 Å². The van der Waals surface area contributed by atoms with Gasteiger partial charge in [0.2, 0.25) is 0 Å². The molecule has 0 amide bonds. The number of aromatic amines is 1. The number of aromatic nitrogens is 6. The van der Waals surface area contributed by atoms with Crippen molar-refractivity contribution in [2.24, 2.45) is 0 Å². The molecular formula is C23H26N6O7. The summed E-state index contributed by atoms with van der Waals surface area (Å²) in [6, 6.07) is 2.41. The second-order valence-electron chi connectivity index (χ2n) is 9.15. The molecule has 0 radical (unpaired) electrons. The van der Waals surface area contributed by atoms with Crippen molar-refractivity contribution in [2.45, 2.75) is 63.6 Å². The Morgan fingerprint density at radius 2 is 2.03 bits per heavy atom. The van der Waals surface area contributed by atoms with Gasteiger partial charge >= 0.3 is 11.7 Å². The molecule has 36 heavy (non-hydrogen) atoms. The molecule has 5 rings (SSSR count). The van der Waals surface area contributed by atoms with Crippen molar-refractivity contribution in [1.82, 2.24) is 29.1 Å². The molecule has 3 aromatic rings. The van der Waals surface area contributed by atoms with Crippen LogP contribution in [0.2, 0.25) is 0 Å². The van der Waals surface area contributed by atoms with Crippen molar-refractivity contribution >= 4 is 11.8 Å². The number of nitrogens with zero attached hydrogens (tertiary/aromatic N) is 5. The highest BCUT2D eigenvalue weighted by atomic mass is 16.6. The van der Waals surface area contributed by atoms with Crippen LogP contribution in [-0.2, 0) is 20.7 Å². The number of ether oxygens (including phenoxy) is 2. The third-order valence-electron chi connectivity index (χ3n) is 6.69. The lowest BCUT2D eigenvalue weighted by molar-refractivity contribution is -0.143. The quantitative estimate of drug-likeness (QED) is 0.339. The van der Waals surface area contributed by atoms with E-state index in [0.29, 0.717) is 36.2 Å². The number of hydrogen-bond acceptors (Lipinski definition) is 9. The number of aliphatic hydroxyl groups is 1. The second kappa shape index (κ2) is 9.32. The number of H-pyrrole nitrogens is 1. The first kappa shape index (κ1) is 23.9. The maximum atomic E-state index is 12.5. The molecule has 13 heteroatoms. The Hall–Kier alpha value is -3.84. The van der Waals surface area contributed by atoms with E-state index in [4.69, 9.17) is 9.47 Å². The minimum Gasteiger partial charge on any atom is -0.460 e. The zero-order valence-electron chi connectivity index (χ0n) is 19.7. The van der Waals surface area contributed by atoms with Crippen LogP contribution in [0.4, 0.5) is 0 Å². The molecule has 0 saturated carbocycles. The van der Waals surface area contributed by atoms with Crippen LogP contribution in [0.3, 0.4) is 0 Å². The molecule has 190 valence electrons. The average Bonchev–Trinajstić information content (AvgIpc) is 3.62. The summed E-state index contributed by atoms with van der Waals surface area (Å²) >= 11 is 0. The summed E-state index contributed by atoms with van der Waals surface area (Å²) in [5.74, 6) is -0.533. The lowest BCUT2D eigenvalue weighted by Crippen LogP contribution is -2.33. The summed E-state index contributed by atoms with van der Waals surface area (Å²) in [5, 5.41) is 18.2. The predicted octanol–water partition coefficient (Wildman–Crippen LogP) is 0.0610. The van der Waals surface area contributed by atoms with E-state index in [-0.39, 0.29) is 12.4 Å². The van der Waals surface area contributed by atoms with Gasteiger partial charge in [-0.1, -0.05) is 5.21 Å². The first-order valence-electron chi connectivity index (χ1n) is 11.6. The number of aryl methyl sites for hydroxylation is 1. The lowest BCUT2D eigenvalue weighted by Gasteiger charge is -2.15. The molecule has 0 aromatic carbocycles. The highest BCUT2D eigenvalue weighted by Gasteiger charge is 2.40. The van der Waals surface area contributed by atoms with Crippen LogP contribution in [0.1, 0.15) is 59.8 Å². The highest BCUT2D eigenvalue weighted by Crippen LogP contribution is 2.36. The molecular weight excluding hydrogens is 472 g/mol. The summed E-state index contributed by atoms with van der Waals surface area (Å²) in [5.41, 5.74) is 0.344. The first-order valence-corrected chi connectivity index (χ1v) is 11.6. The molecule has 2 aliphatic rings. The normalized spacial score (nSPS) is 25.9. The highest BCUT2D eigenvalue weighted by molar-refractivity contribution is 5.93. The van der Waals surface area contributed by atoms with Gasteiger partial charge in [-0.05, 0) is 19.1 Å². The maximum absolute atomic E-state index is 12.5. The van der Waals surface area contributed by atoms with Gasteiger partial charge in [0.15, 0.2) is 5.78 Å². The van der Waals surface area contributed by atoms with E-state index in [2.05, 4.69) is 15.3 Å². The third-order valence-corrected chi connectivity index (χ3v) is 6.69. The van der Waals surface area contributed by atoms with Gasteiger partial charge in [0, 0.05) is 50.3 Å². The van der Waals surface area contributed by atoms with Gasteiger partial charge < -0.3 is 19.1 Å². The Bertz CT molecular complexity index is 1420. The zero-order chi connectivity index (χ0) is 25.6. The van der Waals surface area contributed by atoms with E-state index >= 15 is 0 Å². The van der Waals surface area contributed by atoms with Crippen LogP contribution in [0, 0.1) is 6.92 Å². The molecule has 3 aromatic heterocycles. The van der Waals surface area contributed by atoms with Gasteiger partial charge in [-0.3, -0.25) is 19.1 Å². The lowest BCUT2D eigenvalue weighted by atomic mass is 10.1. The Kier molecular flexibility index (Phi) is 6.18. The van der Waals surface area contributed by atoms with Crippen molar-refractivity contribution in [3.8, 4) is 0 Å². The van der Waals surface area contributed by atoms with Crippen LogP contribution in [0.15, 0.2) is 40.3 Å². The van der Waals surface area contributed by atoms with E-state index in [1.807, 2.05) is 0 Å². The molecule has 5 heterocycles. The molecule has 2 N–H and O–H groups in total. The minimum absolute atomic E-state index is 0.131. The van der Waals surface area contributed by atoms with Gasteiger partial charge in [0.05, 0.1) is 24.0 Å². The van der Waals surface area contributed by atoms with E-state index in [0.717, 1.165) is 0 Å². The number of aliphatic hydroxyl groups excluding tert-OH is 1. The van der Waals surface area contributed by atoms with Gasteiger partial charge in [0.1, 0.15) is 24.5 Å². The van der Waals surface area contributed by atoms with Gasteiger partial charge in [-0.2, -0.15) is 0 Å². The predicted molar refractivity (Wildman–Crippen MR) is 122 cm³/mol. The fourth-order valence-electron chi connectivity index (χ4n) is 4.88. The molecule has 0 unspecified atom stereocenters. The number of nitrogens with one attached hydrogen (secondary N) is 1. The van der Waals surface area contributed by atoms with Gasteiger partial charge in [0.25, 0.3) is 5.56 Å². The molecule has 2 saturated heterocycles. The van der Waals surface area contributed by atoms with Crippen molar-refractivity contribution in [1.29, 1.82) is 0 Å². The standard InChI is InChI=1S/C23H26N6O7/c1-12-9-28(23(34)24-21(12)32)20-8-17(19(11-30)36-20)29-10-14(25-26-29)6-15-7-18(22(33)35-15)27-5-3-4-16(27)13(2)31/h3-5,9-10,15,17-20,30H,6-8,11H2,1-2H3,(H,24,32,34)/t15-,17+,18+,19-,20-/m1/s1. The zero-order valence-corrected chi connectivity index (χ0v) is 19.7. The SMILES string of the molecule is CC(=O)c1cccn1[C@H]1C[C@@H](Cc2cn([C@H]3C[C@H](n4cc(C)c(=O)[nH]c4=O)O[C@@H]3CO)nn2)OC1=O. The van der Waals surface area contributed by atoms with Crippen molar-refractivity contribution < 1.29 is 24.2 Å². The van der Waals surface area contributed by atoms with Gasteiger partial charge in [-0.25, -0.2) is 14.3 Å². The van der Waals surface area contributed by atoms with Crippen LogP contribution >= 0.6 is 0 Å². The molecule has 5 atom stereocenters. The van der Waals surface area contributed by atoms with Crippen LogP contribution in [-0.4, -0.2) is 64.8 Å². The van der Waals surface area contributed by atoms with E-state index in [9.17, 15) is 24.3 Å². The summed E-state index contributed by atoms with van der Waals surface area (Å²) in [7, 11) is 0. The number of rotatable bonds is 7. The summed E-state index contributed by atoms with van der Waals surface area (Å²) in [6.45, 7) is 2.74. The Labute approximate surface area is 204 Å². The number of ketones is 1. The van der Waals surface area contributed by atoms with E-state index in [1.165, 1.54) is 17.7 Å². The number of esters is 1. The smallest absolute Gasteiger partial charge is 0.330 e. The topological polar surface area (TPSA) is 163 Å². The average molecular weight is 498 g/mol. The largest absolute Gasteiger partial charge is 0.460 e. The Balaban J connectivity index is 1.29. The summed E-state index contributed by atoms with van der Waals surface area (Å²) in [6.07, 6.45) is 4.11. The van der Waals surface area contributed by atoms with Crippen LogP contribution in [0.25, 0.3) is 0 Å². The van der Waals surface area contributed by atoms with Gasteiger partial charge in [-0.15, -0.1) is 5.10 Å². The fourth-order valence-corrected chi connectivity index (χ4v) is 4.88. The molecule has 2 aliphatic heterocycles. The number of Topliss-reactive ketones (excluding diaryl/α,β-unsaturated/α-hetero) is 1. The van der Waals surface area contributed by atoms with Crippen LogP contribution < -0.4 is 11.2 Å². The number of carbonyl (C=O) groups is 2. The number of hydrogen-bond donors (Lipinski definition) is 2. The van der Waals surface area contributed by atoms with E-state index < -0.39 is 47.7 Å². The first-order chi connectivity index (χ1) is 17.2. The minimum atomic E-state index is -0.698. The number of carbonyl (C=O) groups excluding carboxylic acids is 2. The van der Waals surface area contributed by atoms with E-state index in [1.54, 1.807) is 40.7 Å². The number of cyclic esters (lactones) is 1. The van der Waals surface area contributed by atoms with Crippen molar-refractivity contribution in [2.75, 3.05) is 6.61 Å². The Morgan fingerprint density at radius 3 is 2.78 bits per heavy atom. The molecule has 2 fully saturated rings. The summed E-state index contributed by atoms with van der Waals surface area (Å²) in [4.78, 5) is 50.6. The maximum Gasteiger partial charge on any atom is 0.330 e. The Morgan fingerprint density at radius 1 is 1.22 bits per heavy atom. The molecule has 13 nitrogen and oxygen atoms in total. The fraction of sp³-hybridized carbons (Fsp3) is 0.478. The molecule has 0 bridgehead atoms. The van der Waals surface area contributed by atoms with Crippen LogP contribution in [0.5, 0.6) is 0 Å². The monoisotopic (exact) mass is 498 g/mol. The third kappa shape index (κ3) is 4.31. The summed E-state index contributed by atoms with van der Waals surface area (Å²) < 4.78 is 15.9. The molecule has 0 aliphatic carbocycles. The van der Waals surface area contributed by atoms with Crippen molar-refractivity contribution in [3.63, 3.8) is 0 Å². The second-order valence-corrected chi connectivity index (χ2v) is 9.15. The molecule has 0 spiro atoms.